The number of nitrogens with zero attached hydrogens (tertiary/aromatic N) is 3. The number of halogens is 1. The molecule has 0 spiro atoms. The van der Waals surface area contributed by atoms with Gasteiger partial charge in [-0.3, -0.25) is 9.78 Å². The van der Waals surface area contributed by atoms with Crippen LogP contribution in [0.3, 0.4) is 0 Å². The highest BCUT2D eigenvalue weighted by molar-refractivity contribution is 5.93. The average Bonchev–Trinajstić information content (AvgIpc) is 3.36. The van der Waals surface area contributed by atoms with E-state index in [1.807, 2.05) is 42.5 Å². The average molecular weight is 405 g/mol. The summed E-state index contributed by atoms with van der Waals surface area (Å²) < 4.78 is 19.6. The zero-order chi connectivity index (χ0) is 20.7. The summed E-state index contributed by atoms with van der Waals surface area (Å²) in [4.78, 5) is 23.1. The minimum absolute atomic E-state index is 0.0332. The molecule has 4 aromatic rings. The largest absolute Gasteiger partial charge is 0.435 e. The number of alkyl halides is 1. The molecule has 152 valence electrons. The fraction of sp³-hybridized carbons (Fsp3) is 0.261. The number of aliphatic hydroxyl groups is 1. The van der Waals surface area contributed by atoms with Gasteiger partial charge in [-0.05, 0) is 29.1 Å². The number of aromatic nitrogens is 2. The number of amides is 1. The molecule has 1 fully saturated rings. The zero-order valence-electron chi connectivity index (χ0n) is 16.2. The third kappa shape index (κ3) is 3.31. The highest BCUT2D eigenvalue weighted by atomic mass is 19.1. The first kappa shape index (κ1) is 18.7. The first-order valence-electron chi connectivity index (χ1n) is 9.90. The summed E-state index contributed by atoms with van der Waals surface area (Å²) in [6.45, 7) is -0.194. The van der Waals surface area contributed by atoms with E-state index in [9.17, 15) is 14.3 Å². The molecule has 0 aliphatic carbocycles. The summed E-state index contributed by atoms with van der Waals surface area (Å²) in [6, 6.07) is 14.8. The van der Waals surface area contributed by atoms with Gasteiger partial charge in [0.2, 0.25) is 11.8 Å². The molecule has 6 nitrogen and oxygen atoms in total. The molecule has 1 aliphatic heterocycles. The van der Waals surface area contributed by atoms with E-state index in [-0.39, 0.29) is 31.9 Å². The molecular formula is C23H20FN3O3. The van der Waals surface area contributed by atoms with E-state index in [2.05, 4.69) is 9.97 Å². The van der Waals surface area contributed by atoms with E-state index < -0.39 is 12.2 Å². The van der Waals surface area contributed by atoms with Crippen LogP contribution in [0, 0.1) is 0 Å². The van der Waals surface area contributed by atoms with Crippen LogP contribution >= 0.6 is 0 Å². The summed E-state index contributed by atoms with van der Waals surface area (Å²) in [5, 5.41) is 11.4. The van der Waals surface area contributed by atoms with Crippen molar-refractivity contribution in [1.29, 1.82) is 0 Å². The van der Waals surface area contributed by atoms with Crippen molar-refractivity contribution in [3.8, 4) is 11.6 Å². The Kier molecular flexibility index (Phi) is 4.67. The highest BCUT2D eigenvalue weighted by Crippen LogP contribution is 2.29. The first-order chi connectivity index (χ1) is 14.6. The third-order valence-electron chi connectivity index (χ3n) is 5.58. The number of oxazole rings is 1. The van der Waals surface area contributed by atoms with Crippen molar-refractivity contribution in [1.82, 2.24) is 14.9 Å². The molecule has 0 unspecified atom stereocenters. The molecule has 5 rings (SSSR count). The molecule has 1 saturated heterocycles. The van der Waals surface area contributed by atoms with Gasteiger partial charge in [0.25, 0.3) is 0 Å². The molecule has 2 atom stereocenters. The standard InChI is InChI=1S/C23H20FN3O3/c24-16-11-17(13-28)27(12-16)21(29)10-14-5-6-19-20(9-14)30-23(26-19)22-18-4-2-1-3-15(18)7-8-25-22/h1-9,16-17,28H,10-13H2/t16-,17-/m0/s1. The van der Waals surface area contributed by atoms with Crippen molar-refractivity contribution in [3.05, 3.63) is 60.3 Å². The predicted molar refractivity (Wildman–Crippen MR) is 111 cm³/mol. The number of likely N-dealkylation sites (tertiary alicyclic amines) is 1. The first-order valence-corrected chi connectivity index (χ1v) is 9.90. The molecule has 1 amide bonds. The van der Waals surface area contributed by atoms with Crippen LogP contribution in [0.15, 0.2) is 59.1 Å². The lowest BCUT2D eigenvalue weighted by Gasteiger charge is -2.22. The van der Waals surface area contributed by atoms with Gasteiger partial charge >= 0.3 is 0 Å². The number of carbonyl (C=O) groups is 1. The molecule has 0 bridgehead atoms. The van der Waals surface area contributed by atoms with Gasteiger partial charge in [-0.1, -0.05) is 30.3 Å². The Balaban J connectivity index is 1.44. The molecule has 30 heavy (non-hydrogen) atoms. The number of benzene rings is 2. The summed E-state index contributed by atoms with van der Waals surface area (Å²) in [6.07, 6.45) is 0.938. The minimum atomic E-state index is -1.08. The molecule has 0 saturated carbocycles. The van der Waals surface area contributed by atoms with E-state index in [1.54, 1.807) is 12.3 Å². The van der Waals surface area contributed by atoms with Crippen LogP contribution in [0.2, 0.25) is 0 Å². The topological polar surface area (TPSA) is 79.5 Å². The fourth-order valence-corrected chi connectivity index (χ4v) is 4.08. The van der Waals surface area contributed by atoms with Crippen LogP contribution in [0.1, 0.15) is 12.0 Å². The Morgan fingerprint density at radius 2 is 2.10 bits per heavy atom. The summed E-state index contributed by atoms with van der Waals surface area (Å²) >= 11 is 0. The fourth-order valence-electron chi connectivity index (χ4n) is 4.08. The maximum atomic E-state index is 13.7. The number of aliphatic hydroxyl groups excluding tert-OH is 1. The quantitative estimate of drug-likeness (QED) is 0.562. The second-order valence-electron chi connectivity index (χ2n) is 7.59. The second kappa shape index (κ2) is 7.50. The SMILES string of the molecule is O=C(Cc1ccc2nc(-c3nccc4ccccc34)oc2c1)N1C[C@@H](F)C[C@H]1CO. The summed E-state index contributed by atoms with van der Waals surface area (Å²) in [5.74, 6) is 0.217. The Morgan fingerprint density at radius 1 is 1.23 bits per heavy atom. The second-order valence-corrected chi connectivity index (χ2v) is 7.59. The molecule has 2 aromatic carbocycles. The van der Waals surface area contributed by atoms with Gasteiger partial charge in [0.05, 0.1) is 25.6 Å². The van der Waals surface area contributed by atoms with Crippen LogP contribution in [0.5, 0.6) is 0 Å². The van der Waals surface area contributed by atoms with Gasteiger partial charge in [0.15, 0.2) is 5.58 Å². The van der Waals surface area contributed by atoms with E-state index in [0.29, 0.717) is 22.7 Å². The smallest absolute Gasteiger partial charge is 0.246 e. The zero-order valence-corrected chi connectivity index (χ0v) is 16.2. The third-order valence-corrected chi connectivity index (χ3v) is 5.58. The molecule has 2 aromatic heterocycles. The molecule has 0 radical (unpaired) electrons. The van der Waals surface area contributed by atoms with E-state index in [0.717, 1.165) is 16.3 Å². The number of rotatable bonds is 4. The number of hydrogen-bond donors (Lipinski definition) is 1. The highest BCUT2D eigenvalue weighted by Gasteiger charge is 2.34. The Morgan fingerprint density at radius 3 is 2.97 bits per heavy atom. The van der Waals surface area contributed by atoms with Gasteiger partial charge in [0, 0.05) is 18.0 Å². The van der Waals surface area contributed by atoms with Gasteiger partial charge in [-0.15, -0.1) is 0 Å². The van der Waals surface area contributed by atoms with E-state index >= 15 is 0 Å². The van der Waals surface area contributed by atoms with Crippen LogP contribution in [0.25, 0.3) is 33.5 Å². The summed E-state index contributed by atoms with van der Waals surface area (Å²) in [5.41, 5.74) is 2.65. The normalized spacial score (nSPS) is 19.1. The van der Waals surface area contributed by atoms with Gasteiger partial charge in [-0.25, -0.2) is 9.37 Å². The van der Waals surface area contributed by atoms with Crippen molar-refractivity contribution in [2.45, 2.75) is 25.1 Å². The van der Waals surface area contributed by atoms with Crippen molar-refractivity contribution in [3.63, 3.8) is 0 Å². The van der Waals surface area contributed by atoms with Crippen molar-refractivity contribution in [2.75, 3.05) is 13.2 Å². The molecule has 7 heteroatoms. The van der Waals surface area contributed by atoms with Crippen molar-refractivity contribution in [2.24, 2.45) is 0 Å². The van der Waals surface area contributed by atoms with Gasteiger partial charge in [0.1, 0.15) is 17.4 Å². The number of hydrogen-bond acceptors (Lipinski definition) is 5. The number of pyridine rings is 1. The summed E-state index contributed by atoms with van der Waals surface area (Å²) in [7, 11) is 0. The number of carbonyl (C=O) groups excluding carboxylic acids is 1. The van der Waals surface area contributed by atoms with Gasteiger partial charge in [-0.2, -0.15) is 0 Å². The maximum Gasteiger partial charge on any atom is 0.246 e. The molecule has 1 aliphatic rings. The maximum absolute atomic E-state index is 13.7. The monoisotopic (exact) mass is 405 g/mol. The van der Waals surface area contributed by atoms with Crippen LogP contribution in [-0.2, 0) is 11.2 Å². The van der Waals surface area contributed by atoms with E-state index in [1.165, 1.54) is 4.90 Å². The molecule has 1 N–H and O–H groups in total. The van der Waals surface area contributed by atoms with E-state index in [4.69, 9.17) is 4.42 Å². The number of fused-ring (bicyclic) bond motifs is 2. The van der Waals surface area contributed by atoms with Gasteiger partial charge < -0.3 is 14.4 Å². The van der Waals surface area contributed by atoms with Crippen molar-refractivity contribution >= 4 is 27.8 Å². The Hall–Kier alpha value is -3.32. The predicted octanol–water partition coefficient (Wildman–Crippen LogP) is 3.52. The molecule has 3 heterocycles. The lowest BCUT2D eigenvalue weighted by Crippen LogP contribution is -2.38. The Labute approximate surface area is 172 Å². The lowest BCUT2D eigenvalue weighted by molar-refractivity contribution is -0.132. The van der Waals surface area contributed by atoms with Crippen LogP contribution < -0.4 is 0 Å². The minimum Gasteiger partial charge on any atom is -0.435 e. The van der Waals surface area contributed by atoms with Crippen molar-refractivity contribution < 1.29 is 18.7 Å². The Bertz CT molecular complexity index is 1230. The molecular weight excluding hydrogens is 385 g/mol. The van der Waals surface area contributed by atoms with Crippen LogP contribution in [0.4, 0.5) is 4.39 Å². The lowest BCUT2D eigenvalue weighted by atomic mass is 10.1. The van der Waals surface area contributed by atoms with Crippen LogP contribution in [-0.4, -0.2) is 51.2 Å².